The van der Waals surface area contributed by atoms with E-state index in [1.807, 2.05) is 4.90 Å². The van der Waals surface area contributed by atoms with Crippen LogP contribution in [-0.2, 0) is 22.4 Å². The lowest BCUT2D eigenvalue weighted by molar-refractivity contribution is -0.0493. The molecule has 1 saturated heterocycles. The molecule has 5 rings (SSSR count). The first-order chi connectivity index (χ1) is 16.5. The van der Waals surface area contributed by atoms with E-state index in [0.717, 1.165) is 24.1 Å². The summed E-state index contributed by atoms with van der Waals surface area (Å²) < 4.78 is 48.8. The van der Waals surface area contributed by atoms with Crippen molar-refractivity contribution in [1.29, 1.82) is 0 Å². The number of nitrogen functional groups attached to an aromatic ring is 1. The van der Waals surface area contributed by atoms with Gasteiger partial charge in [0.2, 0.25) is 0 Å². The molecule has 0 unspecified atom stereocenters. The van der Waals surface area contributed by atoms with Gasteiger partial charge in [-0.05, 0) is 12.8 Å². The Morgan fingerprint density at radius 2 is 2.03 bits per heavy atom. The topological polar surface area (TPSA) is 104 Å². The number of nitrogens with zero attached hydrogens (tertiary/aromatic N) is 4. The minimum atomic E-state index is -3.01. The quantitative estimate of drug-likeness (QED) is 0.668. The first kappa shape index (κ1) is 22.5. The number of carbonyl (C=O) groups excluding carboxylic acids is 1. The fourth-order valence-electron chi connectivity index (χ4n) is 4.84. The highest BCUT2D eigenvalue weighted by Gasteiger charge is 2.35. The number of amides is 1. The third-order valence-electron chi connectivity index (χ3n) is 6.46. The van der Waals surface area contributed by atoms with Crippen molar-refractivity contribution in [2.75, 3.05) is 50.7 Å². The van der Waals surface area contributed by atoms with Gasteiger partial charge in [-0.3, -0.25) is 4.68 Å². The summed E-state index contributed by atoms with van der Waals surface area (Å²) in [7, 11) is 1.36. The molecule has 1 fully saturated rings. The number of ether oxygens (including phenoxy) is 4. The molecule has 10 nitrogen and oxygen atoms in total. The number of hydrogen-bond donors (Lipinski definition) is 1. The largest absolute Gasteiger partial charge is 0.489 e. The van der Waals surface area contributed by atoms with Crippen molar-refractivity contribution < 1.29 is 32.5 Å². The van der Waals surface area contributed by atoms with Crippen molar-refractivity contribution in [3.05, 3.63) is 23.4 Å². The number of halogens is 2. The average molecular weight is 479 g/mol. The molecule has 184 valence electrons. The zero-order chi connectivity index (χ0) is 23.8. The monoisotopic (exact) mass is 479 g/mol. The molecule has 3 aliphatic rings. The fourth-order valence-corrected chi connectivity index (χ4v) is 4.84. The lowest BCUT2D eigenvalue weighted by Gasteiger charge is -2.32. The Hall–Kier alpha value is -3.28. The van der Waals surface area contributed by atoms with Crippen LogP contribution in [0.1, 0.15) is 30.1 Å². The molecule has 0 atom stereocenters. The van der Waals surface area contributed by atoms with Crippen molar-refractivity contribution >= 4 is 23.3 Å². The van der Waals surface area contributed by atoms with E-state index in [4.69, 9.17) is 25.0 Å². The van der Waals surface area contributed by atoms with Gasteiger partial charge < -0.3 is 34.5 Å². The number of nitrogens with two attached hydrogens (primary N) is 1. The molecule has 2 N–H and O–H groups in total. The minimum Gasteiger partial charge on any atom is -0.489 e. The maximum absolute atomic E-state index is 12.9. The predicted octanol–water partition coefficient (Wildman–Crippen LogP) is 3.07. The highest BCUT2D eigenvalue weighted by atomic mass is 19.3. The van der Waals surface area contributed by atoms with Gasteiger partial charge in [-0.25, -0.2) is 4.79 Å². The zero-order valence-corrected chi connectivity index (χ0v) is 18.8. The second-order valence-electron chi connectivity index (χ2n) is 8.41. The van der Waals surface area contributed by atoms with Gasteiger partial charge in [0.15, 0.2) is 11.6 Å². The van der Waals surface area contributed by atoms with Gasteiger partial charge in [0.25, 0.3) is 0 Å². The molecule has 34 heavy (non-hydrogen) atoms. The van der Waals surface area contributed by atoms with E-state index in [-0.39, 0.29) is 17.5 Å². The van der Waals surface area contributed by atoms with E-state index >= 15 is 0 Å². The number of rotatable bonds is 4. The number of hydrogen-bond acceptors (Lipinski definition) is 8. The van der Waals surface area contributed by atoms with Crippen LogP contribution in [0.4, 0.5) is 30.8 Å². The number of carbonyl (C=O) groups is 1. The average Bonchev–Trinajstić information content (AvgIpc) is 3.22. The molecule has 1 amide bonds. The van der Waals surface area contributed by atoms with Crippen LogP contribution in [0, 0.1) is 0 Å². The second kappa shape index (κ2) is 9.16. The molecule has 2 aromatic rings. The molecule has 4 heterocycles. The van der Waals surface area contributed by atoms with Crippen molar-refractivity contribution in [3.8, 4) is 11.5 Å². The van der Waals surface area contributed by atoms with Gasteiger partial charge >= 0.3 is 12.7 Å². The fraction of sp³-hybridized carbons (Fsp3) is 0.545. The summed E-state index contributed by atoms with van der Waals surface area (Å²) in [5.74, 6) is 0.992. The van der Waals surface area contributed by atoms with Crippen LogP contribution in [-0.4, -0.2) is 67.4 Å². The Balaban J connectivity index is 1.59. The van der Waals surface area contributed by atoms with Crippen LogP contribution in [0.25, 0.3) is 0 Å². The molecular formula is C22H27F2N5O5. The van der Waals surface area contributed by atoms with E-state index in [1.165, 1.54) is 19.2 Å². The lowest BCUT2D eigenvalue weighted by Crippen LogP contribution is -2.37. The van der Waals surface area contributed by atoms with Crippen LogP contribution >= 0.6 is 0 Å². The number of methoxy groups -OCH3 is 1. The van der Waals surface area contributed by atoms with Gasteiger partial charge in [-0.15, -0.1) is 0 Å². The molecule has 3 aliphatic heterocycles. The smallest absolute Gasteiger partial charge is 0.409 e. The molecule has 0 saturated carbocycles. The maximum Gasteiger partial charge on any atom is 0.409 e. The van der Waals surface area contributed by atoms with E-state index in [2.05, 4.69) is 9.42 Å². The summed E-state index contributed by atoms with van der Waals surface area (Å²) in [6.45, 7) is -0.0123. The van der Waals surface area contributed by atoms with Crippen LogP contribution in [0.3, 0.4) is 0 Å². The van der Waals surface area contributed by atoms with Gasteiger partial charge in [-0.1, -0.05) is 0 Å². The van der Waals surface area contributed by atoms with Crippen LogP contribution in [0.5, 0.6) is 11.5 Å². The number of fused-ring (bicyclic) bond motifs is 2. The van der Waals surface area contributed by atoms with E-state index in [0.29, 0.717) is 63.1 Å². The molecular weight excluding hydrogens is 452 g/mol. The van der Waals surface area contributed by atoms with Gasteiger partial charge in [0, 0.05) is 49.6 Å². The summed E-state index contributed by atoms with van der Waals surface area (Å²) in [5.41, 5.74) is 8.48. The summed E-state index contributed by atoms with van der Waals surface area (Å²) >= 11 is 0. The first-order valence-electron chi connectivity index (χ1n) is 11.3. The predicted molar refractivity (Wildman–Crippen MR) is 118 cm³/mol. The van der Waals surface area contributed by atoms with Crippen LogP contribution in [0.15, 0.2) is 12.1 Å². The Bertz CT molecular complexity index is 1070. The number of anilines is 3. The van der Waals surface area contributed by atoms with Gasteiger partial charge in [0.05, 0.1) is 37.6 Å². The number of benzene rings is 1. The molecule has 12 heteroatoms. The highest BCUT2D eigenvalue weighted by molar-refractivity contribution is 5.77. The van der Waals surface area contributed by atoms with Crippen LogP contribution < -0.4 is 20.1 Å². The SMILES string of the molecule is COC(=O)N1CCc2c(c(N3CCOc4cc(N)c(OC(F)F)cc43)nn2C2CCOCC2)C1. The normalized spacial score (nSPS) is 18.4. The molecule has 0 spiro atoms. The van der Waals surface area contributed by atoms with E-state index < -0.39 is 12.7 Å². The summed E-state index contributed by atoms with van der Waals surface area (Å²) in [4.78, 5) is 15.8. The van der Waals surface area contributed by atoms with Crippen molar-refractivity contribution in [3.63, 3.8) is 0 Å². The third-order valence-corrected chi connectivity index (χ3v) is 6.46. The Labute approximate surface area is 195 Å². The summed E-state index contributed by atoms with van der Waals surface area (Å²) in [5, 5.41) is 5.00. The Morgan fingerprint density at radius 1 is 1.24 bits per heavy atom. The zero-order valence-electron chi connectivity index (χ0n) is 18.8. The standard InChI is InChI=1S/C22H27F2N5O5/c1-31-22(30)27-5-2-16-14(12-27)20(26-29(16)13-3-7-32-8-4-13)28-6-9-33-19-10-15(25)18(11-17(19)28)34-21(23)24/h10-11,13,21H,2-9,12,25H2,1H3. The van der Waals surface area contributed by atoms with Crippen molar-refractivity contribution in [2.24, 2.45) is 0 Å². The molecule has 1 aromatic heterocycles. The van der Waals surface area contributed by atoms with Gasteiger partial charge in [-0.2, -0.15) is 13.9 Å². The minimum absolute atomic E-state index is 0.0625. The lowest BCUT2D eigenvalue weighted by atomic mass is 10.0. The summed E-state index contributed by atoms with van der Waals surface area (Å²) in [6, 6.07) is 3.13. The molecule has 1 aromatic carbocycles. The van der Waals surface area contributed by atoms with E-state index in [9.17, 15) is 13.6 Å². The first-order valence-corrected chi connectivity index (χ1v) is 11.3. The second-order valence-corrected chi connectivity index (χ2v) is 8.41. The maximum atomic E-state index is 12.9. The summed E-state index contributed by atoms with van der Waals surface area (Å²) in [6.07, 6.45) is 1.92. The number of alkyl halides is 2. The Morgan fingerprint density at radius 3 is 2.76 bits per heavy atom. The Kier molecular flexibility index (Phi) is 6.07. The van der Waals surface area contributed by atoms with Crippen molar-refractivity contribution in [2.45, 2.75) is 38.5 Å². The van der Waals surface area contributed by atoms with Crippen LogP contribution in [0.2, 0.25) is 0 Å². The highest BCUT2D eigenvalue weighted by Crippen LogP contribution is 2.44. The van der Waals surface area contributed by atoms with E-state index in [1.54, 1.807) is 4.90 Å². The molecule has 0 bridgehead atoms. The molecule has 0 radical (unpaired) electrons. The number of aromatic nitrogens is 2. The third kappa shape index (κ3) is 4.06. The van der Waals surface area contributed by atoms with Crippen molar-refractivity contribution in [1.82, 2.24) is 14.7 Å². The van der Waals surface area contributed by atoms with Gasteiger partial charge in [0.1, 0.15) is 12.4 Å². The molecule has 0 aliphatic carbocycles.